The second-order valence-corrected chi connectivity index (χ2v) is 7.30. The maximum absolute atomic E-state index is 13.0. The predicted octanol–water partition coefficient (Wildman–Crippen LogP) is 5.52. The fourth-order valence-corrected chi connectivity index (χ4v) is 3.57. The monoisotopic (exact) mass is 408 g/mol. The van der Waals surface area contributed by atoms with Gasteiger partial charge >= 0.3 is 0 Å². The number of para-hydroxylation sites is 2. The number of carbonyl (C=O) groups excluding carboxylic acids is 1. The highest BCUT2D eigenvalue weighted by Crippen LogP contribution is 2.22. The van der Waals surface area contributed by atoms with E-state index >= 15 is 0 Å². The molecule has 1 aromatic heterocycles. The number of nitrogens with zero attached hydrogens (tertiary/aromatic N) is 1. The van der Waals surface area contributed by atoms with E-state index in [0.29, 0.717) is 12.0 Å². The van der Waals surface area contributed by atoms with E-state index in [-0.39, 0.29) is 5.91 Å². The highest BCUT2D eigenvalue weighted by atomic mass is 16.5. The summed E-state index contributed by atoms with van der Waals surface area (Å²) in [5, 5.41) is 3.07. The largest absolute Gasteiger partial charge is 0.496 e. The Kier molecular flexibility index (Phi) is 6.38. The van der Waals surface area contributed by atoms with Gasteiger partial charge in [-0.1, -0.05) is 66.7 Å². The normalized spacial score (nSPS) is 10.5. The third-order valence-electron chi connectivity index (χ3n) is 5.15. The number of carbonyl (C=O) groups is 1. The molecule has 4 nitrogen and oxygen atoms in total. The van der Waals surface area contributed by atoms with Crippen molar-refractivity contribution in [2.45, 2.75) is 12.8 Å². The first-order valence-electron chi connectivity index (χ1n) is 10.2. The van der Waals surface area contributed by atoms with Crippen LogP contribution >= 0.6 is 0 Å². The zero-order valence-electron chi connectivity index (χ0n) is 17.4. The van der Waals surface area contributed by atoms with Crippen molar-refractivity contribution in [1.82, 2.24) is 4.98 Å². The molecule has 4 rings (SSSR count). The number of methoxy groups -OCH3 is 1. The lowest BCUT2D eigenvalue weighted by Gasteiger charge is -2.12. The number of hydrogen-bond donors (Lipinski definition) is 1. The van der Waals surface area contributed by atoms with E-state index in [1.54, 1.807) is 19.4 Å². The molecule has 31 heavy (non-hydrogen) atoms. The summed E-state index contributed by atoms with van der Waals surface area (Å²) in [5.74, 6) is 0.665. The Morgan fingerprint density at radius 1 is 0.839 bits per heavy atom. The first-order chi connectivity index (χ1) is 15.2. The van der Waals surface area contributed by atoms with Gasteiger partial charge in [0, 0.05) is 35.1 Å². The molecule has 0 radical (unpaired) electrons. The van der Waals surface area contributed by atoms with Crippen molar-refractivity contribution in [3.05, 3.63) is 125 Å². The molecule has 4 heteroatoms. The molecule has 1 amide bonds. The molecule has 0 aliphatic heterocycles. The van der Waals surface area contributed by atoms with Crippen LogP contribution in [0.1, 0.15) is 32.7 Å². The SMILES string of the molecule is COc1ccccc1Cc1cc(C(=O)Nc2ccccc2Cc2ccccc2)ccn1. The quantitative estimate of drug-likeness (QED) is 0.438. The number of hydrogen-bond acceptors (Lipinski definition) is 3. The number of rotatable bonds is 7. The molecule has 0 aliphatic rings. The van der Waals surface area contributed by atoms with Crippen molar-refractivity contribution in [3.63, 3.8) is 0 Å². The molecular formula is C27H24N2O2. The number of anilines is 1. The van der Waals surface area contributed by atoms with E-state index in [9.17, 15) is 4.79 Å². The third kappa shape index (κ3) is 5.17. The Bertz CT molecular complexity index is 1170. The van der Waals surface area contributed by atoms with Gasteiger partial charge in [-0.3, -0.25) is 9.78 Å². The fourth-order valence-electron chi connectivity index (χ4n) is 3.57. The Morgan fingerprint density at radius 3 is 2.35 bits per heavy atom. The number of amides is 1. The molecule has 0 spiro atoms. The standard InChI is InChI=1S/C27H24N2O2/c1-31-26-14-8-6-12-22(26)18-24-19-23(15-16-28-24)27(30)29-25-13-7-5-11-21(25)17-20-9-3-2-4-10-20/h2-16,19H,17-18H2,1H3,(H,29,30). The third-order valence-corrected chi connectivity index (χ3v) is 5.15. The van der Waals surface area contributed by atoms with Crippen LogP contribution < -0.4 is 10.1 Å². The van der Waals surface area contributed by atoms with Crippen LogP contribution in [0.15, 0.2) is 97.2 Å². The van der Waals surface area contributed by atoms with Crippen molar-refractivity contribution in [2.75, 3.05) is 12.4 Å². The first kappa shape index (κ1) is 20.4. The zero-order valence-corrected chi connectivity index (χ0v) is 17.4. The summed E-state index contributed by atoms with van der Waals surface area (Å²) in [4.78, 5) is 17.4. The maximum Gasteiger partial charge on any atom is 0.255 e. The summed E-state index contributed by atoms with van der Waals surface area (Å²) in [5.41, 5.74) is 5.52. The minimum absolute atomic E-state index is 0.149. The van der Waals surface area contributed by atoms with E-state index in [4.69, 9.17) is 4.74 Å². The van der Waals surface area contributed by atoms with Gasteiger partial charge in [-0.05, 0) is 41.8 Å². The summed E-state index contributed by atoms with van der Waals surface area (Å²) in [6, 6.07) is 29.6. The van der Waals surface area contributed by atoms with Crippen molar-refractivity contribution in [3.8, 4) is 5.75 Å². The van der Waals surface area contributed by atoms with Crippen LogP contribution in [-0.2, 0) is 12.8 Å². The van der Waals surface area contributed by atoms with Gasteiger partial charge < -0.3 is 10.1 Å². The Labute approximate surface area is 182 Å². The van der Waals surface area contributed by atoms with Crippen LogP contribution in [0, 0.1) is 0 Å². The molecule has 0 unspecified atom stereocenters. The smallest absolute Gasteiger partial charge is 0.255 e. The summed E-state index contributed by atoms with van der Waals surface area (Å²) >= 11 is 0. The number of pyridine rings is 1. The topological polar surface area (TPSA) is 51.2 Å². The average molecular weight is 409 g/mol. The van der Waals surface area contributed by atoms with E-state index in [1.807, 2.05) is 72.8 Å². The van der Waals surface area contributed by atoms with Crippen molar-refractivity contribution >= 4 is 11.6 Å². The minimum Gasteiger partial charge on any atom is -0.496 e. The van der Waals surface area contributed by atoms with Crippen LogP contribution in [0.4, 0.5) is 5.69 Å². The van der Waals surface area contributed by atoms with Gasteiger partial charge in [0.25, 0.3) is 5.91 Å². The van der Waals surface area contributed by atoms with Crippen LogP contribution in [0.25, 0.3) is 0 Å². The van der Waals surface area contributed by atoms with Gasteiger partial charge in [0.1, 0.15) is 5.75 Å². The lowest BCUT2D eigenvalue weighted by atomic mass is 10.0. The maximum atomic E-state index is 13.0. The van der Waals surface area contributed by atoms with Crippen LogP contribution in [0.3, 0.4) is 0 Å². The lowest BCUT2D eigenvalue weighted by Crippen LogP contribution is -2.14. The highest BCUT2D eigenvalue weighted by molar-refractivity contribution is 6.04. The number of nitrogens with one attached hydrogen (secondary N) is 1. The summed E-state index contributed by atoms with van der Waals surface area (Å²) in [6.45, 7) is 0. The molecule has 0 bridgehead atoms. The van der Waals surface area contributed by atoms with Crippen LogP contribution in [0.5, 0.6) is 5.75 Å². The van der Waals surface area contributed by atoms with Gasteiger partial charge in [0.2, 0.25) is 0 Å². The number of benzene rings is 3. The van der Waals surface area contributed by atoms with Gasteiger partial charge in [-0.2, -0.15) is 0 Å². The molecule has 4 aromatic rings. The molecular weight excluding hydrogens is 384 g/mol. The van der Waals surface area contributed by atoms with E-state index in [1.165, 1.54) is 5.56 Å². The molecule has 3 aromatic carbocycles. The zero-order chi connectivity index (χ0) is 21.5. The molecule has 154 valence electrons. The second kappa shape index (κ2) is 9.72. The van der Waals surface area contributed by atoms with Gasteiger partial charge in [-0.25, -0.2) is 0 Å². The average Bonchev–Trinajstić information content (AvgIpc) is 2.81. The van der Waals surface area contributed by atoms with E-state index in [0.717, 1.165) is 34.7 Å². The Balaban J connectivity index is 1.52. The first-order valence-corrected chi connectivity index (χ1v) is 10.2. The van der Waals surface area contributed by atoms with E-state index in [2.05, 4.69) is 22.4 Å². The number of aromatic nitrogens is 1. The second-order valence-electron chi connectivity index (χ2n) is 7.30. The lowest BCUT2D eigenvalue weighted by molar-refractivity contribution is 0.102. The molecule has 0 atom stereocenters. The predicted molar refractivity (Wildman–Crippen MR) is 124 cm³/mol. The molecule has 0 saturated carbocycles. The molecule has 1 heterocycles. The van der Waals surface area contributed by atoms with Gasteiger partial charge in [-0.15, -0.1) is 0 Å². The summed E-state index contributed by atoms with van der Waals surface area (Å²) in [7, 11) is 1.66. The Hall–Kier alpha value is -3.92. The van der Waals surface area contributed by atoms with E-state index < -0.39 is 0 Å². The highest BCUT2D eigenvalue weighted by Gasteiger charge is 2.12. The van der Waals surface area contributed by atoms with Crippen LogP contribution in [-0.4, -0.2) is 18.0 Å². The molecule has 0 fully saturated rings. The fraction of sp³-hybridized carbons (Fsp3) is 0.111. The minimum atomic E-state index is -0.149. The van der Waals surface area contributed by atoms with Gasteiger partial charge in [0.05, 0.1) is 7.11 Å². The summed E-state index contributed by atoms with van der Waals surface area (Å²) < 4.78 is 5.43. The summed E-state index contributed by atoms with van der Waals surface area (Å²) in [6.07, 6.45) is 3.03. The molecule has 0 saturated heterocycles. The molecule has 1 N–H and O–H groups in total. The van der Waals surface area contributed by atoms with Crippen molar-refractivity contribution in [1.29, 1.82) is 0 Å². The Morgan fingerprint density at radius 2 is 1.55 bits per heavy atom. The van der Waals surface area contributed by atoms with Gasteiger partial charge in [0.15, 0.2) is 0 Å². The number of ether oxygens (including phenoxy) is 1. The van der Waals surface area contributed by atoms with Crippen molar-refractivity contribution < 1.29 is 9.53 Å². The van der Waals surface area contributed by atoms with Crippen molar-refractivity contribution in [2.24, 2.45) is 0 Å². The molecule has 0 aliphatic carbocycles. The van der Waals surface area contributed by atoms with Crippen LogP contribution in [0.2, 0.25) is 0 Å².